The van der Waals surface area contributed by atoms with E-state index in [2.05, 4.69) is 9.82 Å². The first-order chi connectivity index (χ1) is 11.8. The van der Waals surface area contributed by atoms with E-state index in [4.69, 9.17) is 4.74 Å². The van der Waals surface area contributed by atoms with Crippen LogP contribution in [0.15, 0.2) is 4.90 Å². The molecule has 1 heterocycles. The highest BCUT2D eigenvalue weighted by molar-refractivity contribution is 7.89. The van der Waals surface area contributed by atoms with Gasteiger partial charge in [-0.25, -0.2) is 13.1 Å². The zero-order chi connectivity index (χ0) is 18.0. The molecule has 140 valence electrons. The highest BCUT2D eigenvalue weighted by atomic mass is 32.2. The van der Waals surface area contributed by atoms with Gasteiger partial charge >= 0.3 is 0 Å². The number of hydrogen-bond donors (Lipinski definition) is 1. The smallest absolute Gasteiger partial charge is 0.244 e. The molecule has 1 aromatic rings. The van der Waals surface area contributed by atoms with Crippen LogP contribution >= 0.6 is 0 Å². The Morgan fingerprint density at radius 1 is 1.16 bits per heavy atom. The maximum Gasteiger partial charge on any atom is 0.244 e. The number of aryl methyl sites for hydroxylation is 2. The van der Waals surface area contributed by atoms with Crippen molar-refractivity contribution >= 4 is 10.0 Å². The summed E-state index contributed by atoms with van der Waals surface area (Å²) in [6, 6.07) is 0. The topological polar surface area (TPSA) is 73.2 Å². The Labute approximate surface area is 150 Å². The molecule has 4 bridgehead atoms. The normalized spacial score (nSPS) is 37.0. The third kappa shape index (κ3) is 2.58. The number of ether oxygens (including phenoxy) is 1. The number of nitrogens with one attached hydrogen (secondary N) is 1. The minimum Gasteiger partial charge on any atom is -0.376 e. The van der Waals surface area contributed by atoms with Crippen molar-refractivity contribution in [2.24, 2.45) is 30.7 Å². The summed E-state index contributed by atoms with van der Waals surface area (Å²) in [5.41, 5.74) is 0.871. The van der Waals surface area contributed by atoms with Crippen molar-refractivity contribution in [3.63, 3.8) is 0 Å². The van der Waals surface area contributed by atoms with E-state index in [1.165, 1.54) is 32.1 Å². The van der Waals surface area contributed by atoms with E-state index in [0.29, 0.717) is 34.7 Å². The molecular formula is C18H29N3O3S. The zero-order valence-corrected chi connectivity index (χ0v) is 16.4. The van der Waals surface area contributed by atoms with Crippen LogP contribution < -0.4 is 4.72 Å². The molecule has 5 rings (SSSR count). The summed E-state index contributed by atoms with van der Waals surface area (Å²) in [5, 5.41) is 4.25. The van der Waals surface area contributed by atoms with Gasteiger partial charge in [0, 0.05) is 20.7 Å². The van der Waals surface area contributed by atoms with Crippen LogP contribution in [0.4, 0.5) is 0 Å². The summed E-state index contributed by atoms with van der Waals surface area (Å²) in [6.07, 6.45) is 6.12. The molecule has 0 aromatic carbocycles. The molecule has 1 N–H and O–H groups in total. The van der Waals surface area contributed by atoms with Gasteiger partial charge < -0.3 is 4.74 Å². The van der Waals surface area contributed by atoms with Crippen molar-refractivity contribution in [3.8, 4) is 0 Å². The number of rotatable bonds is 5. The average Bonchev–Trinajstić information content (AvgIpc) is 2.80. The quantitative estimate of drug-likeness (QED) is 0.865. The second kappa shape index (κ2) is 5.79. The Balaban J connectivity index is 1.59. The van der Waals surface area contributed by atoms with Gasteiger partial charge in [0.25, 0.3) is 0 Å². The second-order valence-electron chi connectivity index (χ2n) is 8.41. The predicted octanol–water partition coefficient (Wildman–Crippen LogP) is 2.16. The van der Waals surface area contributed by atoms with E-state index in [1.807, 2.05) is 0 Å². The Kier molecular flexibility index (Phi) is 4.05. The van der Waals surface area contributed by atoms with Gasteiger partial charge in [0.2, 0.25) is 10.0 Å². The summed E-state index contributed by atoms with van der Waals surface area (Å²) in [7, 11) is -0.0604. The van der Waals surface area contributed by atoms with Crippen molar-refractivity contribution in [1.82, 2.24) is 14.5 Å². The van der Waals surface area contributed by atoms with E-state index >= 15 is 0 Å². The summed E-state index contributed by atoms with van der Waals surface area (Å²) in [6.45, 7) is 3.91. The number of methoxy groups -OCH3 is 1. The van der Waals surface area contributed by atoms with E-state index in [1.54, 1.807) is 32.7 Å². The van der Waals surface area contributed by atoms with Crippen LogP contribution in [-0.2, 0) is 21.8 Å². The van der Waals surface area contributed by atoms with Crippen LogP contribution in [0.1, 0.15) is 43.5 Å². The lowest BCUT2D eigenvalue weighted by Crippen LogP contribution is -2.63. The first-order valence-electron chi connectivity index (χ1n) is 9.32. The monoisotopic (exact) mass is 367 g/mol. The van der Waals surface area contributed by atoms with Crippen molar-refractivity contribution < 1.29 is 13.2 Å². The molecule has 4 saturated carbocycles. The molecule has 1 aromatic heterocycles. The van der Waals surface area contributed by atoms with Crippen LogP contribution in [0.5, 0.6) is 0 Å². The summed E-state index contributed by atoms with van der Waals surface area (Å²) in [4.78, 5) is 0.310. The highest BCUT2D eigenvalue weighted by Crippen LogP contribution is 2.59. The standard InChI is InChI=1S/C18H29N3O3S/c1-11-17(12(2)21(3)20-11)25(22,23)19-10-18(24-4)15-6-13-5-14(8-15)9-16(18)7-13/h13-16,19H,5-10H2,1-4H3. The molecule has 0 amide bonds. The molecule has 4 fully saturated rings. The fraction of sp³-hybridized carbons (Fsp3) is 0.833. The third-order valence-corrected chi connectivity index (χ3v) is 8.80. The van der Waals surface area contributed by atoms with Crippen LogP contribution in [-0.4, -0.2) is 37.5 Å². The molecule has 6 nitrogen and oxygen atoms in total. The molecule has 0 saturated heterocycles. The van der Waals surface area contributed by atoms with Crippen molar-refractivity contribution in [2.75, 3.05) is 13.7 Å². The Bertz CT molecular complexity index is 756. The molecule has 0 radical (unpaired) electrons. The molecule has 0 spiro atoms. The van der Waals surface area contributed by atoms with Gasteiger partial charge in [-0.2, -0.15) is 5.10 Å². The number of aromatic nitrogens is 2. The van der Waals surface area contributed by atoms with E-state index in [0.717, 1.165) is 11.8 Å². The van der Waals surface area contributed by atoms with Gasteiger partial charge in [-0.3, -0.25) is 4.68 Å². The van der Waals surface area contributed by atoms with E-state index in [9.17, 15) is 8.42 Å². The van der Waals surface area contributed by atoms with Crippen LogP contribution in [0.25, 0.3) is 0 Å². The maximum atomic E-state index is 13.0. The van der Waals surface area contributed by atoms with E-state index < -0.39 is 10.0 Å². The molecule has 0 atom stereocenters. The van der Waals surface area contributed by atoms with Crippen LogP contribution in [0.3, 0.4) is 0 Å². The minimum atomic E-state index is -3.60. The molecule has 4 aliphatic carbocycles. The van der Waals surface area contributed by atoms with Gasteiger partial charge in [-0.05, 0) is 69.6 Å². The number of nitrogens with zero attached hydrogens (tertiary/aromatic N) is 2. The van der Waals surface area contributed by atoms with Gasteiger partial charge in [-0.15, -0.1) is 0 Å². The predicted molar refractivity (Wildman–Crippen MR) is 94.7 cm³/mol. The Morgan fingerprint density at radius 2 is 1.72 bits per heavy atom. The van der Waals surface area contributed by atoms with Crippen molar-refractivity contribution in [2.45, 2.75) is 56.4 Å². The fourth-order valence-electron chi connectivity index (χ4n) is 6.10. The zero-order valence-electron chi connectivity index (χ0n) is 15.6. The maximum absolute atomic E-state index is 13.0. The largest absolute Gasteiger partial charge is 0.376 e. The lowest BCUT2D eigenvalue weighted by molar-refractivity contribution is -0.185. The molecule has 4 aliphatic rings. The SMILES string of the molecule is COC1(CNS(=O)(=O)c2c(C)nn(C)c2C)C2CC3CC(C2)CC1C3. The van der Waals surface area contributed by atoms with Crippen LogP contribution in [0, 0.1) is 37.5 Å². The first kappa shape index (κ1) is 17.5. The van der Waals surface area contributed by atoms with Gasteiger partial charge in [-0.1, -0.05) is 0 Å². The summed E-state index contributed by atoms with van der Waals surface area (Å²) < 4.78 is 36.5. The van der Waals surface area contributed by atoms with Gasteiger partial charge in [0.1, 0.15) is 4.90 Å². The van der Waals surface area contributed by atoms with Crippen molar-refractivity contribution in [3.05, 3.63) is 11.4 Å². The number of sulfonamides is 1. The lowest BCUT2D eigenvalue weighted by atomic mass is 9.50. The minimum absolute atomic E-state index is 0.310. The average molecular weight is 368 g/mol. The lowest BCUT2D eigenvalue weighted by Gasteiger charge is -2.60. The van der Waals surface area contributed by atoms with Crippen molar-refractivity contribution in [1.29, 1.82) is 0 Å². The summed E-state index contributed by atoms with van der Waals surface area (Å²) >= 11 is 0. The molecule has 25 heavy (non-hydrogen) atoms. The summed E-state index contributed by atoms with van der Waals surface area (Å²) in [5.74, 6) is 2.61. The Hall–Kier alpha value is -0.920. The van der Waals surface area contributed by atoms with E-state index in [-0.39, 0.29) is 5.60 Å². The number of hydrogen-bond acceptors (Lipinski definition) is 4. The third-order valence-electron chi connectivity index (χ3n) is 7.15. The van der Waals surface area contributed by atoms with Crippen LogP contribution in [0.2, 0.25) is 0 Å². The molecule has 7 heteroatoms. The first-order valence-corrected chi connectivity index (χ1v) is 10.8. The Morgan fingerprint density at radius 3 is 2.16 bits per heavy atom. The highest BCUT2D eigenvalue weighted by Gasteiger charge is 2.57. The molecular weight excluding hydrogens is 338 g/mol. The van der Waals surface area contributed by atoms with Gasteiger partial charge in [0.15, 0.2) is 0 Å². The molecule has 0 aliphatic heterocycles. The second-order valence-corrected chi connectivity index (χ2v) is 10.1. The fourth-order valence-corrected chi connectivity index (χ4v) is 7.61. The van der Waals surface area contributed by atoms with Gasteiger partial charge in [0.05, 0.1) is 17.0 Å². The molecule has 0 unspecified atom stereocenters.